The number of hydrogen-bond acceptors (Lipinski definition) is 4. The number of aromatic nitrogens is 1. The van der Waals surface area contributed by atoms with Crippen LogP contribution in [0.5, 0.6) is 5.75 Å². The fourth-order valence-electron chi connectivity index (χ4n) is 1.94. The van der Waals surface area contributed by atoms with Crippen molar-refractivity contribution in [1.29, 1.82) is 0 Å². The van der Waals surface area contributed by atoms with E-state index < -0.39 is 6.10 Å². The van der Waals surface area contributed by atoms with Crippen LogP contribution in [-0.2, 0) is 11.3 Å². The van der Waals surface area contributed by atoms with E-state index in [2.05, 4.69) is 5.16 Å². The van der Waals surface area contributed by atoms with Gasteiger partial charge in [0.2, 0.25) is 0 Å². The molecule has 0 unspecified atom stereocenters. The number of rotatable bonds is 5. The van der Waals surface area contributed by atoms with Gasteiger partial charge in [0.25, 0.3) is 5.91 Å². The van der Waals surface area contributed by atoms with Gasteiger partial charge >= 0.3 is 0 Å². The van der Waals surface area contributed by atoms with Gasteiger partial charge in [-0.1, -0.05) is 28.4 Å². The van der Waals surface area contributed by atoms with Gasteiger partial charge in [0.05, 0.1) is 11.6 Å². The molecule has 1 atom stereocenters. The zero-order chi connectivity index (χ0) is 16.3. The smallest absolute Gasteiger partial charge is 0.263 e. The fraction of sp³-hybridized carbons (Fsp3) is 0.333. The van der Waals surface area contributed by atoms with E-state index >= 15 is 0 Å². The number of hydrogen-bond donors (Lipinski definition) is 0. The maximum atomic E-state index is 12.3. The van der Waals surface area contributed by atoms with Gasteiger partial charge in [0.15, 0.2) is 6.10 Å². The van der Waals surface area contributed by atoms with Gasteiger partial charge < -0.3 is 14.2 Å². The molecule has 0 spiro atoms. The second kappa shape index (κ2) is 7.03. The Bertz CT molecular complexity index is 673. The first-order valence-corrected chi connectivity index (χ1v) is 7.41. The van der Waals surface area contributed by atoms with E-state index in [4.69, 9.17) is 32.5 Å². The molecule has 0 saturated carbocycles. The average molecular weight is 343 g/mol. The first kappa shape index (κ1) is 16.6. The van der Waals surface area contributed by atoms with E-state index in [1.54, 1.807) is 45.2 Å². The number of benzene rings is 1. The number of ether oxygens (including phenoxy) is 1. The zero-order valence-corrected chi connectivity index (χ0v) is 14.0. The van der Waals surface area contributed by atoms with Crippen LogP contribution in [0.4, 0.5) is 0 Å². The van der Waals surface area contributed by atoms with Gasteiger partial charge in [-0.3, -0.25) is 4.79 Å². The summed E-state index contributed by atoms with van der Waals surface area (Å²) in [5.74, 6) is 0.928. The molecule has 1 aromatic heterocycles. The first-order chi connectivity index (χ1) is 10.4. The van der Waals surface area contributed by atoms with Crippen molar-refractivity contribution >= 4 is 29.1 Å². The molecule has 0 radical (unpaired) electrons. The average Bonchev–Trinajstić information content (AvgIpc) is 2.86. The van der Waals surface area contributed by atoms with Crippen LogP contribution in [0.25, 0.3) is 0 Å². The largest absolute Gasteiger partial charge is 0.479 e. The molecule has 0 bridgehead atoms. The SMILES string of the molecule is Cc1cc(CN(C)C(=O)[C@H](C)Oc2ccc(Cl)cc2Cl)no1. The number of nitrogens with zero attached hydrogens (tertiary/aromatic N) is 2. The summed E-state index contributed by atoms with van der Waals surface area (Å²) in [6, 6.07) is 6.64. The molecule has 0 saturated heterocycles. The summed E-state index contributed by atoms with van der Waals surface area (Å²) < 4.78 is 10.6. The summed E-state index contributed by atoms with van der Waals surface area (Å²) in [6.07, 6.45) is -0.684. The number of halogens is 2. The van der Waals surface area contributed by atoms with Gasteiger partial charge in [0.1, 0.15) is 17.2 Å². The Kier molecular flexibility index (Phi) is 5.32. The van der Waals surface area contributed by atoms with Crippen LogP contribution in [-0.4, -0.2) is 29.1 Å². The van der Waals surface area contributed by atoms with Crippen molar-refractivity contribution in [3.05, 3.63) is 45.8 Å². The Morgan fingerprint density at radius 2 is 2.14 bits per heavy atom. The highest BCUT2D eigenvalue weighted by Gasteiger charge is 2.21. The highest BCUT2D eigenvalue weighted by Crippen LogP contribution is 2.28. The van der Waals surface area contributed by atoms with E-state index in [-0.39, 0.29) is 5.91 Å². The number of aryl methyl sites for hydroxylation is 1. The molecule has 0 aliphatic rings. The molecule has 0 fully saturated rings. The molecule has 0 N–H and O–H groups in total. The number of carbonyl (C=O) groups excluding carboxylic acids is 1. The first-order valence-electron chi connectivity index (χ1n) is 6.65. The van der Waals surface area contributed by atoms with Crippen LogP contribution < -0.4 is 4.74 Å². The van der Waals surface area contributed by atoms with Crippen LogP contribution in [0.15, 0.2) is 28.8 Å². The molecule has 1 aromatic carbocycles. The number of carbonyl (C=O) groups is 1. The molecule has 22 heavy (non-hydrogen) atoms. The molecular formula is C15H16Cl2N2O3. The quantitative estimate of drug-likeness (QED) is 0.830. The topological polar surface area (TPSA) is 55.6 Å². The van der Waals surface area contributed by atoms with Crippen molar-refractivity contribution in [1.82, 2.24) is 10.1 Å². The van der Waals surface area contributed by atoms with E-state index in [1.165, 1.54) is 4.90 Å². The van der Waals surface area contributed by atoms with E-state index in [0.717, 1.165) is 0 Å². The zero-order valence-electron chi connectivity index (χ0n) is 12.5. The predicted molar refractivity (Wildman–Crippen MR) is 84.3 cm³/mol. The minimum atomic E-state index is -0.684. The van der Waals surface area contributed by atoms with E-state index in [9.17, 15) is 4.79 Å². The maximum Gasteiger partial charge on any atom is 0.263 e. The normalized spacial score (nSPS) is 12.0. The van der Waals surface area contributed by atoms with Crippen molar-refractivity contribution in [2.45, 2.75) is 26.5 Å². The van der Waals surface area contributed by atoms with Crippen molar-refractivity contribution in [2.75, 3.05) is 7.05 Å². The molecule has 7 heteroatoms. The molecule has 2 aromatic rings. The Morgan fingerprint density at radius 3 is 2.73 bits per heavy atom. The standard InChI is InChI=1S/C15H16Cl2N2O3/c1-9-6-12(18-22-9)8-19(3)15(20)10(2)21-14-5-4-11(16)7-13(14)17/h4-7,10H,8H2,1-3H3/t10-/m0/s1. The molecule has 2 rings (SSSR count). The number of amides is 1. The summed E-state index contributed by atoms with van der Waals surface area (Å²) in [5.41, 5.74) is 0.685. The molecule has 1 heterocycles. The third kappa shape index (κ3) is 4.15. The Morgan fingerprint density at radius 1 is 1.41 bits per heavy atom. The third-order valence-electron chi connectivity index (χ3n) is 3.00. The lowest BCUT2D eigenvalue weighted by atomic mass is 10.3. The van der Waals surface area contributed by atoms with Crippen molar-refractivity contribution in [2.24, 2.45) is 0 Å². The van der Waals surface area contributed by atoms with E-state index in [0.29, 0.717) is 33.8 Å². The Labute approximate surface area is 138 Å². The van der Waals surface area contributed by atoms with Crippen molar-refractivity contribution in [3.8, 4) is 5.75 Å². The third-order valence-corrected chi connectivity index (χ3v) is 3.53. The molecule has 5 nitrogen and oxygen atoms in total. The summed E-state index contributed by atoms with van der Waals surface area (Å²) >= 11 is 11.9. The highest BCUT2D eigenvalue weighted by atomic mass is 35.5. The maximum absolute atomic E-state index is 12.3. The fourth-order valence-corrected chi connectivity index (χ4v) is 2.39. The lowest BCUT2D eigenvalue weighted by molar-refractivity contribution is -0.137. The van der Waals surface area contributed by atoms with Crippen LogP contribution in [0, 0.1) is 6.92 Å². The van der Waals surface area contributed by atoms with E-state index in [1.807, 2.05) is 0 Å². The second-order valence-corrected chi connectivity index (χ2v) is 5.80. The summed E-state index contributed by atoms with van der Waals surface area (Å²) in [7, 11) is 1.68. The van der Waals surface area contributed by atoms with Crippen LogP contribution in [0.1, 0.15) is 18.4 Å². The minimum absolute atomic E-state index is 0.188. The Balaban J connectivity index is 1.98. The minimum Gasteiger partial charge on any atom is -0.479 e. The van der Waals surface area contributed by atoms with Gasteiger partial charge in [-0.2, -0.15) is 0 Å². The number of likely N-dealkylation sites (N-methyl/N-ethyl adjacent to an activating group) is 1. The van der Waals surface area contributed by atoms with Crippen molar-refractivity contribution in [3.63, 3.8) is 0 Å². The monoisotopic (exact) mass is 342 g/mol. The highest BCUT2D eigenvalue weighted by molar-refractivity contribution is 6.35. The van der Waals surface area contributed by atoms with Gasteiger partial charge in [0, 0.05) is 18.1 Å². The van der Waals surface area contributed by atoms with Gasteiger partial charge in [-0.15, -0.1) is 0 Å². The van der Waals surface area contributed by atoms with Crippen LogP contribution >= 0.6 is 23.2 Å². The molecule has 118 valence electrons. The molecule has 0 aliphatic carbocycles. The second-order valence-electron chi connectivity index (χ2n) is 4.96. The predicted octanol–water partition coefficient (Wildman–Crippen LogP) is 3.72. The molecule has 0 aliphatic heterocycles. The van der Waals surface area contributed by atoms with Gasteiger partial charge in [-0.25, -0.2) is 0 Å². The van der Waals surface area contributed by atoms with Gasteiger partial charge in [-0.05, 0) is 32.0 Å². The summed E-state index contributed by atoms with van der Waals surface area (Å²) in [4.78, 5) is 13.8. The van der Waals surface area contributed by atoms with Crippen molar-refractivity contribution < 1.29 is 14.1 Å². The molecule has 1 amide bonds. The lowest BCUT2D eigenvalue weighted by Gasteiger charge is -2.21. The van der Waals surface area contributed by atoms with Crippen LogP contribution in [0.3, 0.4) is 0 Å². The summed E-state index contributed by atoms with van der Waals surface area (Å²) in [5, 5.41) is 4.73. The molecular weight excluding hydrogens is 327 g/mol. The lowest BCUT2D eigenvalue weighted by Crippen LogP contribution is -2.37. The summed E-state index contributed by atoms with van der Waals surface area (Å²) in [6.45, 7) is 3.81. The Hall–Kier alpha value is -1.72. The van der Waals surface area contributed by atoms with Crippen LogP contribution in [0.2, 0.25) is 10.0 Å².